The number of carboxylic acid groups (broad SMARTS) is 1. The average Bonchev–Trinajstić information content (AvgIpc) is 2.66. The lowest BCUT2D eigenvalue weighted by Gasteiger charge is -2.31. The van der Waals surface area contributed by atoms with Gasteiger partial charge in [0.25, 0.3) is 0 Å². The number of aliphatic carboxylic acids is 1. The van der Waals surface area contributed by atoms with E-state index < -0.39 is 5.97 Å². The molecule has 1 heterocycles. The number of aromatic nitrogens is 2. The van der Waals surface area contributed by atoms with Gasteiger partial charge >= 0.3 is 5.97 Å². The van der Waals surface area contributed by atoms with Crippen LogP contribution >= 0.6 is 0 Å². The number of anilines is 3. The van der Waals surface area contributed by atoms with Crippen LogP contribution in [0.15, 0.2) is 30.5 Å². The first-order chi connectivity index (χ1) is 14.2. The van der Waals surface area contributed by atoms with Crippen molar-refractivity contribution in [3.05, 3.63) is 36.0 Å². The number of methoxy groups -OCH3 is 1. The minimum absolute atomic E-state index is 0.0795. The number of nitrogens with one attached hydrogen (secondary N) is 1. The number of nitrogens with zero attached hydrogens (tertiary/aromatic N) is 3. The zero-order chi connectivity index (χ0) is 22.3. The highest BCUT2D eigenvalue weighted by Crippen LogP contribution is 2.33. The maximum atomic E-state index is 11.2. The quantitative estimate of drug-likeness (QED) is 0.539. The summed E-state index contributed by atoms with van der Waals surface area (Å²) in [6, 6.07) is 7.80. The largest absolute Gasteiger partial charge is 0.481 e. The van der Waals surface area contributed by atoms with Gasteiger partial charge in [0, 0.05) is 25.4 Å². The Morgan fingerprint density at radius 1 is 1.13 bits per heavy atom. The lowest BCUT2D eigenvalue weighted by molar-refractivity contribution is -0.137. The standard InChI is InChI=1S/C23H34N4O3/c1-15(2)13-27(14-16(3)4)20-8-7-18(17(5)11-22(28)29)12-19(20)25-23-24-10-9-21(26-23)30-6/h7-10,12,15-17H,11,13-14H2,1-6H3,(H,28,29)(H,24,25,26). The number of rotatable bonds is 11. The Labute approximate surface area is 179 Å². The summed E-state index contributed by atoms with van der Waals surface area (Å²) in [7, 11) is 1.57. The highest BCUT2D eigenvalue weighted by atomic mass is 16.5. The SMILES string of the molecule is COc1ccnc(Nc2cc(C(C)CC(=O)O)ccc2N(CC(C)C)CC(C)C)n1. The van der Waals surface area contributed by atoms with Crippen molar-refractivity contribution in [1.29, 1.82) is 0 Å². The van der Waals surface area contributed by atoms with Crippen molar-refractivity contribution in [1.82, 2.24) is 9.97 Å². The highest BCUT2D eigenvalue weighted by molar-refractivity contribution is 5.75. The molecule has 1 aromatic carbocycles. The third-order valence-corrected chi connectivity index (χ3v) is 4.67. The number of ether oxygens (including phenoxy) is 1. The lowest BCUT2D eigenvalue weighted by Crippen LogP contribution is -2.31. The molecule has 1 unspecified atom stereocenters. The smallest absolute Gasteiger partial charge is 0.303 e. The zero-order valence-electron chi connectivity index (χ0n) is 18.8. The van der Waals surface area contributed by atoms with Gasteiger partial charge in [-0.15, -0.1) is 0 Å². The maximum absolute atomic E-state index is 11.2. The molecule has 1 atom stereocenters. The molecule has 0 saturated heterocycles. The van der Waals surface area contributed by atoms with Crippen molar-refractivity contribution >= 4 is 23.3 Å². The van der Waals surface area contributed by atoms with E-state index in [4.69, 9.17) is 4.74 Å². The molecule has 0 saturated carbocycles. The number of hydrogen-bond donors (Lipinski definition) is 2. The zero-order valence-corrected chi connectivity index (χ0v) is 18.8. The molecule has 0 radical (unpaired) electrons. The van der Waals surface area contributed by atoms with Gasteiger partial charge in [-0.3, -0.25) is 4.79 Å². The highest BCUT2D eigenvalue weighted by Gasteiger charge is 2.18. The van der Waals surface area contributed by atoms with Gasteiger partial charge in [-0.25, -0.2) is 4.98 Å². The van der Waals surface area contributed by atoms with Gasteiger partial charge in [0.15, 0.2) is 0 Å². The van der Waals surface area contributed by atoms with Gasteiger partial charge in [-0.2, -0.15) is 4.98 Å². The Bertz CT molecular complexity index is 829. The van der Waals surface area contributed by atoms with Crippen molar-refractivity contribution < 1.29 is 14.6 Å². The first kappa shape index (κ1) is 23.4. The normalized spacial score (nSPS) is 12.1. The Kier molecular flexibility index (Phi) is 8.45. The molecule has 164 valence electrons. The van der Waals surface area contributed by atoms with Crippen LogP contribution in [0.25, 0.3) is 0 Å². The van der Waals surface area contributed by atoms with Crippen LogP contribution in [0.3, 0.4) is 0 Å². The number of hydrogen-bond acceptors (Lipinski definition) is 6. The molecule has 0 aliphatic carbocycles. The Morgan fingerprint density at radius 2 is 1.80 bits per heavy atom. The minimum Gasteiger partial charge on any atom is -0.481 e. The average molecular weight is 415 g/mol. The summed E-state index contributed by atoms with van der Waals surface area (Å²) in [6.45, 7) is 12.6. The topological polar surface area (TPSA) is 87.6 Å². The molecule has 0 aliphatic rings. The Morgan fingerprint density at radius 3 is 2.37 bits per heavy atom. The minimum atomic E-state index is -0.807. The molecule has 2 N–H and O–H groups in total. The second-order valence-electron chi connectivity index (χ2n) is 8.52. The third-order valence-electron chi connectivity index (χ3n) is 4.67. The van der Waals surface area contributed by atoms with Gasteiger partial charge in [-0.1, -0.05) is 40.7 Å². The van der Waals surface area contributed by atoms with Gasteiger partial charge in [0.2, 0.25) is 11.8 Å². The first-order valence-corrected chi connectivity index (χ1v) is 10.4. The van der Waals surface area contributed by atoms with Crippen molar-refractivity contribution in [3.63, 3.8) is 0 Å². The van der Waals surface area contributed by atoms with Crippen molar-refractivity contribution in [2.45, 2.75) is 47.0 Å². The predicted molar refractivity (Wildman–Crippen MR) is 121 cm³/mol. The molecule has 7 heteroatoms. The lowest BCUT2D eigenvalue weighted by atomic mass is 9.96. The summed E-state index contributed by atoms with van der Waals surface area (Å²) < 4.78 is 5.21. The predicted octanol–water partition coefficient (Wildman–Crippen LogP) is 4.93. The number of carbonyl (C=O) groups is 1. The van der Waals surface area contributed by atoms with E-state index >= 15 is 0 Å². The van der Waals surface area contributed by atoms with E-state index in [2.05, 4.69) is 53.9 Å². The van der Waals surface area contributed by atoms with E-state index in [0.717, 1.165) is 30.0 Å². The molecule has 2 rings (SSSR count). The summed E-state index contributed by atoms with van der Waals surface area (Å²) in [5, 5.41) is 12.5. The van der Waals surface area contributed by atoms with E-state index in [0.29, 0.717) is 23.7 Å². The van der Waals surface area contributed by atoms with Gasteiger partial charge in [0.05, 0.1) is 24.9 Å². The molecule has 0 amide bonds. The van der Waals surface area contributed by atoms with Crippen LogP contribution < -0.4 is 15.0 Å². The van der Waals surface area contributed by atoms with Crippen LogP contribution in [-0.4, -0.2) is 41.2 Å². The second kappa shape index (κ2) is 10.8. The van der Waals surface area contributed by atoms with Gasteiger partial charge in [-0.05, 0) is 35.4 Å². The molecule has 30 heavy (non-hydrogen) atoms. The third kappa shape index (κ3) is 6.90. The molecule has 2 aromatic rings. The van der Waals surface area contributed by atoms with Crippen LogP contribution in [0.5, 0.6) is 5.88 Å². The molecule has 0 spiro atoms. The number of carboxylic acids is 1. The van der Waals surface area contributed by atoms with Crippen LogP contribution in [0.4, 0.5) is 17.3 Å². The van der Waals surface area contributed by atoms with Crippen molar-refractivity contribution in [3.8, 4) is 5.88 Å². The fraction of sp³-hybridized carbons (Fsp3) is 0.522. The summed E-state index contributed by atoms with van der Waals surface area (Å²) in [6.07, 6.45) is 1.72. The second-order valence-corrected chi connectivity index (χ2v) is 8.52. The maximum Gasteiger partial charge on any atom is 0.303 e. The van der Waals surface area contributed by atoms with E-state index in [-0.39, 0.29) is 12.3 Å². The van der Waals surface area contributed by atoms with Gasteiger partial charge < -0.3 is 20.1 Å². The summed E-state index contributed by atoms with van der Waals surface area (Å²) in [5.41, 5.74) is 2.87. The first-order valence-electron chi connectivity index (χ1n) is 10.4. The molecular weight excluding hydrogens is 380 g/mol. The van der Waals surface area contributed by atoms with E-state index in [9.17, 15) is 9.90 Å². The van der Waals surface area contributed by atoms with E-state index in [1.54, 1.807) is 19.4 Å². The van der Waals surface area contributed by atoms with Crippen molar-refractivity contribution in [2.75, 3.05) is 30.4 Å². The van der Waals surface area contributed by atoms with E-state index in [1.165, 1.54) is 0 Å². The summed E-state index contributed by atoms with van der Waals surface area (Å²) in [4.78, 5) is 22.2. The van der Waals surface area contributed by atoms with E-state index in [1.807, 2.05) is 19.1 Å². The molecule has 0 aliphatic heterocycles. The Balaban J connectivity index is 2.48. The molecule has 1 aromatic heterocycles. The summed E-state index contributed by atoms with van der Waals surface area (Å²) in [5.74, 6) is 0.995. The molecule has 7 nitrogen and oxygen atoms in total. The summed E-state index contributed by atoms with van der Waals surface area (Å²) >= 11 is 0. The fourth-order valence-electron chi connectivity index (χ4n) is 3.41. The van der Waals surface area contributed by atoms with Crippen LogP contribution in [0.1, 0.15) is 52.5 Å². The van der Waals surface area contributed by atoms with Crippen LogP contribution in [0, 0.1) is 11.8 Å². The monoisotopic (exact) mass is 414 g/mol. The Hall–Kier alpha value is -2.83. The van der Waals surface area contributed by atoms with Crippen LogP contribution in [0.2, 0.25) is 0 Å². The fourth-order valence-corrected chi connectivity index (χ4v) is 3.41. The number of benzene rings is 1. The molecule has 0 bridgehead atoms. The van der Waals surface area contributed by atoms with Crippen molar-refractivity contribution in [2.24, 2.45) is 11.8 Å². The molecule has 0 fully saturated rings. The molecular formula is C23H34N4O3. The van der Waals surface area contributed by atoms with Crippen LogP contribution in [-0.2, 0) is 4.79 Å². The van der Waals surface area contributed by atoms with Gasteiger partial charge in [0.1, 0.15) is 0 Å².